The molecule has 0 fully saturated rings. The predicted molar refractivity (Wildman–Crippen MR) is 116 cm³/mol. The van der Waals surface area contributed by atoms with Crippen LogP contribution in [0.3, 0.4) is 0 Å². The van der Waals surface area contributed by atoms with Gasteiger partial charge in [-0.1, -0.05) is 97.0 Å². The minimum atomic E-state index is 1.17. The molecular formula is C23H43NS. The molecular weight excluding hydrogens is 322 g/mol. The third-order valence-electron chi connectivity index (χ3n) is 5.12. The van der Waals surface area contributed by atoms with Gasteiger partial charge in [-0.2, -0.15) is 0 Å². The van der Waals surface area contributed by atoms with Crippen molar-refractivity contribution in [2.24, 2.45) is 0 Å². The second-order valence-corrected chi connectivity index (χ2v) is 8.63. The van der Waals surface area contributed by atoms with E-state index in [1.807, 2.05) is 11.3 Å². The van der Waals surface area contributed by atoms with Gasteiger partial charge in [0.1, 0.15) is 0 Å². The number of hydrogen-bond acceptors (Lipinski definition) is 2. The van der Waals surface area contributed by atoms with Gasteiger partial charge in [-0.15, -0.1) is 11.3 Å². The molecule has 1 aromatic rings. The Balaban J connectivity index is 2.13. The lowest BCUT2D eigenvalue weighted by Crippen LogP contribution is -2.25. The molecule has 1 nitrogen and oxygen atoms in total. The van der Waals surface area contributed by atoms with Gasteiger partial charge in [-0.3, -0.25) is 4.90 Å². The quantitative estimate of drug-likeness (QED) is 0.238. The van der Waals surface area contributed by atoms with Crippen molar-refractivity contribution in [2.45, 2.75) is 110 Å². The van der Waals surface area contributed by atoms with E-state index in [9.17, 15) is 0 Å². The van der Waals surface area contributed by atoms with Gasteiger partial charge in [0.2, 0.25) is 0 Å². The summed E-state index contributed by atoms with van der Waals surface area (Å²) in [4.78, 5) is 4.25. The smallest absolute Gasteiger partial charge is 0.0327 e. The molecule has 0 aliphatic carbocycles. The Hall–Kier alpha value is -0.340. The molecule has 0 unspecified atom stereocenters. The molecule has 25 heavy (non-hydrogen) atoms. The maximum Gasteiger partial charge on any atom is 0.0327 e. The minimum Gasteiger partial charge on any atom is -0.298 e. The average molecular weight is 366 g/mol. The third-order valence-corrected chi connectivity index (χ3v) is 5.98. The molecule has 0 saturated carbocycles. The van der Waals surface area contributed by atoms with Gasteiger partial charge in [0.15, 0.2) is 0 Å². The summed E-state index contributed by atoms with van der Waals surface area (Å²) in [7, 11) is 0. The molecule has 1 aromatic heterocycles. The van der Waals surface area contributed by atoms with Crippen molar-refractivity contribution in [3.05, 3.63) is 22.4 Å². The van der Waals surface area contributed by atoms with Crippen LogP contribution >= 0.6 is 11.3 Å². The lowest BCUT2D eigenvalue weighted by Gasteiger charge is -2.21. The topological polar surface area (TPSA) is 3.24 Å². The Morgan fingerprint density at radius 3 is 1.60 bits per heavy atom. The summed E-state index contributed by atoms with van der Waals surface area (Å²) in [6, 6.07) is 4.49. The van der Waals surface area contributed by atoms with E-state index in [0.29, 0.717) is 0 Å². The van der Waals surface area contributed by atoms with E-state index < -0.39 is 0 Å². The zero-order valence-electron chi connectivity index (χ0n) is 17.1. The number of rotatable bonds is 18. The van der Waals surface area contributed by atoms with E-state index in [1.165, 1.54) is 114 Å². The first-order chi connectivity index (χ1) is 12.4. The first-order valence-corrected chi connectivity index (χ1v) is 12.0. The van der Waals surface area contributed by atoms with Gasteiger partial charge in [0.25, 0.3) is 0 Å². The van der Waals surface area contributed by atoms with Crippen molar-refractivity contribution >= 4 is 11.3 Å². The summed E-state index contributed by atoms with van der Waals surface area (Å²) < 4.78 is 0. The van der Waals surface area contributed by atoms with E-state index in [2.05, 4.69) is 36.3 Å². The zero-order valence-corrected chi connectivity index (χ0v) is 17.9. The zero-order chi connectivity index (χ0) is 18.0. The van der Waals surface area contributed by atoms with Crippen LogP contribution in [-0.4, -0.2) is 18.0 Å². The molecule has 1 heterocycles. The molecule has 146 valence electrons. The Labute approximate surface area is 162 Å². The van der Waals surface area contributed by atoms with Crippen LogP contribution < -0.4 is 0 Å². The molecule has 0 N–H and O–H groups in total. The van der Waals surface area contributed by atoms with Gasteiger partial charge < -0.3 is 0 Å². The third kappa shape index (κ3) is 13.5. The molecule has 0 aliphatic rings. The van der Waals surface area contributed by atoms with Gasteiger partial charge in [0, 0.05) is 11.4 Å². The van der Waals surface area contributed by atoms with Gasteiger partial charge >= 0.3 is 0 Å². The van der Waals surface area contributed by atoms with Crippen LogP contribution in [0, 0.1) is 0 Å². The maximum absolute atomic E-state index is 2.71. The molecule has 0 amide bonds. The van der Waals surface area contributed by atoms with Crippen molar-refractivity contribution in [1.82, 2.24) is 4.90 Å². The fraction of sp³-hybridized carbons (Fsp3) is 0.826. The van der Waals surface area contributed by atoms with Crippen molar-refractivity contribution in [3.8, 4) is 0 Å². The van der Waals surface area contributed by atoms with E-state index in [4.69, 9.17) is 0 Å². The highest BCUT2D eigenvalue weighted by molar-refractivity contribution is 7.09. The summed E-state index contributed by atoms with van der Waals surface area (Å²) in [6.07, 6.45) is 19.8. The Morgan fingerprint density at radius 1 is 0.680 bits per heavy atom. The van der Waals surface area contributed by atoms with Crippen LogP contribution in [0.25, 0.3) is 0 Å². The molecule has 1 rings (SSSR count). The van der Waals surface area contributed by atoms with Crippen molar-refractivity contribution in [1.29, 1.82) is 0 Å². The number of nitrogens with zero attached hydrogens (tertiary/aromatic N) is 1. The van der Waals surface area contributed by atoms with E-state index in [1.54, 1.807) is 0 Å². The minimum absolute atomic E-state index is 1.17. The predicted octanol–water partition coefficient (Wildman–Crippen LogP) is 8.05. The first kappa shape index (κ1) is 22.7. The summed E-state index contributed by atoms with van der Waals surface area (Å²) in [5.41, 5.74) is 0. The molecule has 0 bridgehead atoms. The van der Waals surface area contributed by atoms with Crippen LogP contribution in [-0.2, 0) is 6.54 Å². The number of thiophene rings is 1. The number of unbranched alkanes of at least 4 members (excludes halogenated alkanes) is 12. The second-order valence-electron chi connectivity index (χ2n) is 7.60. The summed E-state index contributed by atoms with van der Waals surface area (Å²) >= 11 is 1.92. The van der Waals surface area contributed by atoms with Crippen LogP contribution in [0.15, 0.2) is 17.5 Å². The largest absolute Gasteiger partial charge is 0.298 e. The lowest BCUT2D eigenvalue weighted by atomic mass is 10.1. The molecule has 0 aliphatic heterocycles. The monoisotopic (exact) mass is 365 g/mol. The molecule has 0 spiro atoms. The van der Waals surface area contributed by atoms with Gasteiger partial charge in [-0.05, 0) is 37.4 Å². The standard InChI is InChI=1S/C23H43NS/c1-3-5-7-9-11-13-15-19-24(22-23-18-17-21-25-23)20-16-14-12-10-8-6-4-2/h17-18,21H,3-16,19-20,22H2,1-2H3. The van der Waals surface area contributed by atoms with Crippen LogP contribution in [0.1, 0.15) is 109 Å². The SMILES string of the molecule is CCCCCCCCCN(CCCCCCCCC)Cc1cccs1. The van der Waals surface area contributed by atoms with E-state index >= 15 is 0 Å². The van der Waals surface area contributed by atoms with Gasteiger partial charge in [0.05, 0.1) is 0 Å². The molecule has 0 saturated heterocycles. The van der Waals surface area contributed by atoms with Crippen LogP contribution in [0.2, 0.25) is 0 Å². The fourth-order valence-electron chi connectivity index (χ4n) is 3.48. The summed E-state index contributed by atoms with van der Waals surface area (Å²) in [6.45, 7) is 8.35. The lowest BCUT2D eigenvalue weighted by molar-refractivity contribution is 0.254. The van der Waals surface area contributed by atoms with E-state index in [0.717, 1.165) is 0 Å². The summed E-state index contributed by atoms with van der Waals surface area (Å²) in [5, 5.41) is 2.22. The van der Waals surface area contributed by atoms with Crippen LogP contribution in [0.4, 0.5) is 0 Å². The number of hydrogen-bond donors (Lipinski definition) is 0. The highest BCUT2D eigenvalue weighted by Gasteiger charge is 2.06. The highest BCUT2D eigenvalue weighted by atomic mass is 32.1. The average Bonchev–Trinajstić information content (AvgIpc) is 3.13. The highest BCUT2D eigenvalue weighted by Crippen LogP contribution is 2.15. The first-order valence-electron chi connectivity index (χ1n) is 11.1. The Kier molecular flexibility index (Phi) is 15.5. The molecule has 0 aromatic carbocycles. The fourth-order valence-corrected chi connectivity index (χ4v) is 4.22. The molecule has 2 heteroatoms. The van der Waals surface area contributed by atoms with Crippen molar-refractivity contribution in [2.75, 3.05) is 13.1 Å². The Bertz CT molecular complexity index is 342. The normalized spacial score (nSPS) is 11.5. The molecule has 0 atom stereocenters. The summed E-state index contributed by atoms with van der Waals surface area (Å²) in [5.74, 6) is 0. The van der Waals surface area contributed by atoms with Gasteiger partial charge in [-0.25, -0.2) is 0 Å². The van der Waals surface area contributed by atoms with Crippen molar-refractivity contribution < 1.29 is 0 Å². The second kappa shape index (κ2) is 17.1. The Morgan fingerprint density at radius 2 is 1.16 bits per heavy atom. The van der Waals surface area contributed by atoms with Crippen molar-refractivity contribution in [3.63, 3.8) is 0 Å². The molecule has 0 radical (unpaired) electrons. The maximum atomic E-state index is 2.71. The van der Waals surface area contributed by atoms with E-state index in [-0.39, 0.29) is 0 Å². The van der Waals surface area contributed by atoms with Crippen LogP contribution in [0.5, 0.6) is 0 Å².